The molecular weight excluding hydrogens is 653 g/mol. The molecule has 6 rings (SSSR count). The van der Waals surface area contributed by atoms with E-state index in [0.717, 1.165) is 38.1 Å². The number of anilines is 1. The number of aromatic nitrogens is 1. The second-order valence-corrected chi connectivity index (χ2v) is 13.8. The molecule has 12 nitrogen and oxygen atoms in total. The summed E-state index contributed by atoms with van der Waals surface area (Å²) in [6.07, 6.45) is 2.21. The number of carbonyl (C=O) groups excluding carboxylic acids is 2. The van der Waals surface area contributed by atoms with E-state index >= 15 is 4.39 Å². The molecule has 1 unspecified atom stereocenters. The molecule has 4 heterocycles. The maximum atomic E-state index is 15.2. The summed E-state index contributed by atoms with van der Waals surface area (Å²) in [6.45, 7) is 5.90. The Morgan fingerprint density at radius 1 is 1.02 bits per heavy atom. The van der Waals surface area contributed by atoms with Crippen molar-refractivity contribution in [1.82, 2.24) is 19.8 Å². The fourth-order valence-corrected chi connectivity index (χ4v) is 8.01. The number of carbonyl (C=O) groups is 2. The molecule has 3 aromatic rings. The van der Waals surface area contributed by atoms with Crippen molar-refractivity contribution in [1.29, 1.82) is 0 Å². The number of pyridine rings is 1. The van der Waals surface area contributed by atoms with E-state index in [9.17, 15) is 18.0 Å². The lowest BCUT2D eigenvalue weighted by atomic mass is 9.87. The molecule has 2 fully saturated rings. The Kier molecular flexibility index (Phi) is 9.40. The van der Waals surface area contributed by atoms with Gasteiger partial charge in [0.05, 0.1) is 27.8 Å². The normalized spacial score (nSPS) is 21.4. The number of likely N-dealkylation sites (tertiary alicyclic amines) is 1. The van der Waals surface area contributed by atoms with E-state index in [0.29, 0.717) is 36.5 Å². The molecule has 0 aliphatic carbocycles. The molecule has 0 N–H and O–H groups in total. The first kappa shape index (κ1) is 33.1. The quantitative estimate of drug-likeness (QED) is 0.319. The van der Waals surface area contributed by atoms with Crippen LogP contribution in [-0.4, -0.2) is 99.3 Å². The largest absolute Gasteiger partial charge is 0.529 e. The highest BCUT2D eigenvalue weighted by molar-refractivity contribution is 7.93. The maximum absolute atomic E-state index is 15.2. The predicted octanol–water partition coefficient (Wildman–Crippen LogP) is 4.03. The van der Waals surface area contributed by atoms with Crippen LogP contribution >= 0.6 is 11.6 Å². The Hall–Kier alpha value is -3.82. The SMILES string of the molecule is CCOc1ncccc1C1(OC(=O)ON2CCN(C3CCN(C)CC3)CC2)C(=O)N(S(=O)(=O)c2ccccc2)c2cc(Cl)c(F)cc21. The smallest absolute Gasteiger partial charge is 0.478 e. The molecule has 2 aromatic carbocycles. The zero-order valence-electron chi connectivity index (χ0n) is 26.0. The van der Waals surface area contributed by atoms with Crippen molar-refractivity contribution in [2.75, 3.05) is 57.2 Å². The van der Waals surface area contributed by atoms with Gasteiger partial charge in [-0.1, -0.05) is 29.8 Å². The van der Waals surface area contributed by atoms with E-state index in [2.05, 4.69) is 21.8 Å². The standard InChI is InChI=1S/C32H35ClFN5O7S/c1-3-44-29-24(10-7-13-35-29)32(45-31(41)46-38-18-16-37(17-19-38)22-11-14-36(2)15-12-22)25-20-27(34)26(33)21-28(25)39(30(32)40)47(42,43)23-8-5-4-6-9-23/h4-10,13,20-22H,3,11-12,14-19H2,1-2H3. The number of halogens is 2. The van der Waals surface area contributed by atoms with Gasteiger partial charge in [-0.3, -0.25) is 9.69 Å². The summed E-state index contributed by atoms with van der Waals surface area (Å²) in [5, 5.41) is 0.997. The number of sulfonamides is 1. The van der Waals surface area contributed by atoms with E-state index in [-0.39, 0.29) is 34.2 Å². The van der Waals surface area contributed by atoms with E-state index < -0.39 is 38.5 Å². The molecule has 15 heteroatoms. The van der Waals surface area contributed by atoms with Crippen LogP contribution < -0.4 is 9.04 Å². The number of rotatable bonds is 8. The molecule has 0 radical (unpaired) electrons. The molecule has 1 atom stereocenters. The zero-order chi connectivity index (χ0) is 33.3. The predicted molar refractivity (Wildman–Crippen MR) is 170 cm³/mol. The number of fused-ring (bicyclic) bond motifs is 1. The summed E-state index contributed by atoms with van der Waals surface area (Å²) in [5.41, 5.74) is -3.28. The summed E-state index contributed by atoms with van der Waals surface area (Å²) in [5.74, 6) is -2.32. The van der Waals surface area contributed by atoms with Crippen molar-refractivity contribution in [3.63, 3.8) is 0 Å². The van der Waals surface area contributed by atoms with Gasteiger partial charge in [-0.15, -0.1) is 5.06 Å². The number of ether oxygens (including phenoxy) is 2. The number of hydroxylamine groups is 2. The van der Waals surface area contributed by atoms with Crippen LogP contribution in [0, 0.1) is 5.82 Å². The maximum Gasteiger partial charge on any atom is 0.529 e. The molecule has 3 aliphatic heterocycles. The molecule has 0 bridgehead atoms. The van der Waals surface area contributed by atoms with E-state index in [4.69, 9.17) is 25.9 Å². The van der Waals surface area contributed by atoms with Crippen molar-refractivity contribution in [2.45, 2.75) is 36.3 Å². The van der Waals surface area contributed by atoms with Crippen molar-refractivity contribution < 1.29 is 36.7 Å². The van der Waals surface area contributed by atoms with Crippen LogP contribution in [-0.2, 0) is 30.0 Å². The third kappa shape index (κ3) is 6.16. The molecule has 1 amide bonds. The van der Waals surface area contributed by atoms with E-state index in [1.54, 1.807) is 13.0 Å². The third-order valence-corrected chi connectivity index (χ3v) is 10.8. The molecule has 0 spiro atoms. The number of hydrogen-bond acceptors (Lipinski definition) is 11. The average molecular weight is 688 g/mol. The monoisotopic (exact) mass is 687 g/mol. The fraction of sp³-hybridized carbons (Fsp3) is 0.406. The van der Waals surface area contributed by atoms with Gasteiger partial charge in [-0.2, -0.15) is 4.31 Å². The summed E-state index contributed by atoms with van der Waals surface area (Å²) in [4.78, 5) is 42.6. The van der Waals surface area contributed by atoms with Crippen molar-refractivity contribution >= 4 is 39.4 Å². The highest BCUT2D eigenvalue weighted by atomic mass is 35.5. The van der Waals surface area contributed by atoms with Gasteiger partial charge in [0.25, 0.3) is 21.5 Å². The number of hydrogen-bond donors (Lipinski definition) is 0. The lowest BCUT2D eigenvalue weighted by Gasteiger charge is -2.41. The molecular formula is C32H35ClFN5O7S. The average Bonchev–Trinajstić information content (AvgIpc) is 3.30. The Morgan fingerprint density at radius 3 is 2.40 bits per heavy atom. The van der Waals surface area contributed by atoms with E-state index in [1.807, 2.05) is 0 Å². The zero-order valence-corrected chi connectivity index (χ0v) is 27.5. The molecule has 3 aliphatic rings. The van der Waals surface area contributed by atoms with Crippen LogP contribution in [0.3, 0.4) is 0 Å². The lowest BCUT2D eigenvalue weighted by Crippen LogP contribution is -2.53. The number of nitrogens with zero attached hydrogens (tertiary/aromatic N) is 5. The number of amides is 1. The van der Waals surface area contributed by atoms with Gasteiger partial charge in [0.15, 0.2) is 0 Å². The number of piperazine rings is 1. The summed E-state index contributed by atoms with van der Waals surface area (Å²) in [7, 11) is -2.52. The lowest BCUT2D eigenvalue weighted by molar-refractivity contribution is -0.168. The summed E-state index contributed by atoms with van der Waals surface area (Å²) < 4.78 is 55.4. The first-order valence-corrected chi connectivity index (χ1v) is 17.2. The van der Waals surface area contributed by atoms with Gasteiger partial charge >= 0.3 is 6.16 Å². The van der Waals surface area contributed by atoms with Gasteiger partial charge in [0.1, 0.15) is 5.82 Å². The third-order valence-electron chi connectivity index (χ3n) is 8.75. The van der Waals surface area contributed by atoms with Crippen molar-refractivity contribution in [3.8, 4) is 5.88 Å². The molecule has 2 saturated heterocycles. The Balaban J connectivity index is 1.37. The highest BCUT2D eigenvalue weighted by Crippen LogP contribution is 2.52. The number of piperidine rings is 1. The molecule has 1 aromatic heterocycles. The second kappa shape index (κ2) is 13.4. The van der Waals surface area contributed by atoms with Gasteiger partial charge in [-0.25, -0.2) is 22.6 Å². The van der Waals surface area contributed by atoms with Gasteiger partial charge in [0.2, 0.25) is 5.88 Å². The van der Waals surface area contributed by atoms with Gasteiger partial charge < -0.3 is 19.2 Å². The van der Waals surface area contributed by atoms with Crippen LogP contribution in [0.1, 0.15) is 30.9 Å². The molecule has 47 heavy (non-hydrogen) atoms. The van der Waals surface area contributed by atoms with Crippen LogP contribution in [0.4, 0.5) is 14.9 Å². The molecule has 0 saturated carbocycles. The minimum Gasteiger partial charge on any atom is -0.478 e. The molecule has 250 valence electrons. The Morgan fingerprint density at radius 2 is 1.72 bits per heavy atom. The minimum atomic E-state index is -4.63. The minimum absolute atomic E-state index is 0.105. The highest BCUT2D eigenvalue weighted by Gasteiger charge is 2.61. The van der Waals surface area contributed by atoms with Gasteiger partial charge in [0, 0.05) is 44.0 Å². The van der Waals surface area contributed by atoms with Crippen molar-refractivity contribution in [3.05, 3.63) is 82.8 Å². The van der Waals surface area contributed by atoms with Crippen molar-refractivity contribution in [2.24, 2.45) is 0 Å². The second-order valence-electron chi connectivity index (χ2n) is 11.6. The van der Waals surface area contributed by atoms with Crippen LogP contribution in [0.5, 0.6) is 5.88 Å². The van der Waals surface area contributed by atoms with Crippen LogP contribution in [0.2, 0.25) is 5.02 Å². The Bertz CT molecular complexity index is 1750. The van der Waals surface area contributed by atoms with Gasteiger partial charge in [-0.05, 0) is 76.3 Å². The van der Waals surface area contributed by atoms with Crippen LogP contribution in [0.15, 0.2) is 65.7 Å². The summed E-state index contributed by atoms with van der Waals surface area (Å²) >= 11 is 6.14. The summed E-state index contributed by atoms with van der Waals surface area (Å²) in [6, 6.07) is 12.4. The number of benzene rings is 2. The Labute approximate surface area is 277 Å². The van der Waals surface area contributed by atoms with Crippen LogP contribution in [0.25, 0.3) is 0 Å². The first-order valence-electron chi connectivity index (χ1n) is 15.4. The topological polar surface area (TPSA) is 122 Å². The first-order chi connectivity index (χ1) is 22.6. The fourth-order valence-electron chi connectivity index (χ4n) is 6.38. The van der Waals surface area contributed by atoms with E-state index in [1.165, 1.54) is 47.7 Å².